The van der Waals surface area contributed by atoms with Gasteiger partial charge in [-0.3, -0.25) is 0 Å². The third kappa shape index (κ3) is 1.55. The van der Waals surface area contributed by atoms with Crippen molar-refractivity contribution in [3.63, 3.8) is 0 Å². The lowest BCUT2D eigenvalue weighted by Gasteiger charge is -2.37. The molecule has 0 spiro atoms. The van der Waals surface area contributed by atoms with E-state index in [1.165, 1.54) is 18.4 Å². The second-order valence-corrected chi connectivity index (χ2v) is 4.55. The number of piperidine rings is 1. The largest absolute Gasteiger partial charge is 0.497 e. The first kappa shape index (κ1) is 9.97. The van der Waals surface area contributed by atoms with Crippen LogP contribution in [0.15, 0.2) is 18.2 Å². The van der Waals surface area contributed by atoms with Crippen molar-refractivity contribution < 1.29 is 9.47 Å². The van der Waals surface area contributed by atoms with Gasteiger partial charge in [-0.1, -0.05) is 0 Å². The van der Waals surface area contributed by atoms with Crippen molar-refractivity contribution in [3.05, 3.63) is 23.8 Å². The Balaban J connectivity index is 1.98. The van der Waals surface area contributed by atoms with E-state index >= 15 is 0 Å². The topological polar surface area (TPSA) is 30.5 Å². The highest BCUT2D eigenvalue weighted by atomic mass is 16.5. The molecule has 1 N–H and O–H groups in total. The standard InChI is InChI=1S/C13H17NO2/c1-15-10-4-5-12-11(7-10)13-9(8-16-12)3-2-6-14-13/h4-5,7,9,13-14H,2-3,6,8H2,1H3. The highest BCUT2D eigenvalue weighted by molar-refractivity contribution is 5.44. The fraction of sp³-hybridized carbons (Fsp3) is 0.538. The summed E-state index contributed by atoms with van der Waals surface area (Å²) in [4.78, 5) is 0. The molecule has 3 heteroatoms. The summed E-state index contributed by atoms with van der Waals surface area (Å²) < 4.78 is 11.1. The van der Waals surface area contributed by atoms with Crippen LogP contribution in [0.25, 0.3) is 0 Å². The van der Waals surface area contributed by atoms with Crippen LogP contribution < -0.4 is 14.8 Å². The smallest absolute Gasteiger partial charge is 0.124 e. The first-order valence-electron chi connectivity index (χ1n) is 5.92. The maximum absolute atomic E-state index is 5.80. The van der Waals surface area contributed by atoms with Crippen LogP contribution in [0.2, 0.25) is 0 Å². The van der Waals surface area contributed by atoms with E-state index < -0.39 is 0 Å². The predicted molar refractivity (Wildman–Crippen MR) is 62.0 cm³/mol. The molecule has 1 fully saturated rings. The molecule has 2 aliphatic rings. The average molecular weight is 219 g/mol. The van der Waals surface area contributed by atoms with Crippen molar-refractivity contribution in [2.75, 3.05) is 20.3 Å². The van der Waals surface area contributed by atoms with Crippen LogP contribution in [-0.2, 0) is 0 Å². The molecule has 3 rings (SSSR count). The molecular formula is C13H17NO2. The van der Waals surface area contributed by atoms with Crippen LogP contribution in [0, 0.1) is 5.92 Å². The molecule has 2 atom stereocenters. The quantitative estimate of drug-likeness (QED) is 0.785. The highest BCUT2D eigenvalue weighted by Gasteiger charge is 2.32. The number of nitrogens with one attached hydrogen (secondary N) is 1. The molecule has 0 radical (unpaired) electrons. The van der Waals surface area contributed by atoms with Gasteiger partial charge in [0.1, 0.15) is 11.5 Å². The Morgan fingerprint density at radius 2 is 2.38 bits per heavy atom. The summed E-state index contributed by atoms with van der Waals surface area (Å²) >= 11 is 0. The van der Waals surface area contributed by atoms with Gasteiger partial charge in [0.05, 0.1) is 13.7 Å². The Bertz CT molecular complexity index is 392. The Labute approximate surface area is 95.8 Å². The van der Waals surface area contributed by atoms with Gasteiger partial charge in [0.2, 0.25) is 0 Å². The van der Waals surface area contributed by atoms with Crippen LogP contribution >= 0.6 is 0 Å². The molecule has 0 aliphatic carbocycles. The SMILES string of the molecule is COc1ccc2c(c1)C1NCCCC1CO2. The summed E-state index contributed by atoms with van der Waals surface area (Å²) in [5.41, 5.74) is 1.26. The second-order valence-electron chi connectivity index (χ2n) is 4.55. The van der Waals surface area contributed by atoms with Gasteiger partial charge in [-0.05, 0) is 37.6 Å². The van der Waals surface area contributed by atoms with Gasteiger partial charge in [-0.15, -0.1) is 0 Å². The number of ether oxygens (including phenoxy) is 2. The van der Waals surface area contributed by atoms with Crippen LogP contribution in [0.3, 0.4) is 0 Å². The van der Waals surface area contributed by atoms with Crippen molar-refractivity contribution in [2.24, 2.45) is 5.92 Å². The van der Waals surface area contributed by atoms with E-state index in [0.717, 1.165) is 24.7 Å². The third-order valence-electron chi connectivity index (χ3n) is 3.59. The number of benzene rings is 1. The van der Waals surface area contributed by atoms with E-state index in [0.29, 0.717) is 12.0 Å². The zero-order chi connectivity index (χ0) is 11.0. The highest BCUT2D eigenvalue weighted by Crippen LogP contribution is 2.40. The van der Waals surface area contributed by atoms with E-state index in [4.69, 9.17) is 9.47 Å². The van der Waals surface area contributed by atoms with Gasteiger partial charge in [-0.2, -0.15) is 0 Å². The summed E-state index contributed by atoms with van der Waals surface area (Å²) in [7, 11) is 1.71. The molecule has 0 saturated carbocycles. The molecular weight excluding hydrogens is 202 g/mol. The zero-order valence-electron chi connectivity index (χ0n) is 9.53. The van der Waals surface area contributed by atoms with Crippen LogP contribution in [0.5, 0.6) is 11.5 Å². The number of hydrogen-bond acceptors (Lipinski definition) is 3. The zero-order valence-corrected chi connectivity index (χ0v) is 9.53. The van der Waals surface area contributed by atoms with Gasteiger partial charge in [0.25, 0.3) is 0 Å². The van der Waals surface area contributed by atoms with Crippen molar-refractivity contribution in [3.8, 4) is 11.5 Å². The first-order chi connectivity index (χ1) is 7.88. The minimum absolute atomic E-state index is 0.451. The molecule has 0 bridgehead atoms. The molecule has 0 amide bonds. The van der Waals surface area contributed by atoms with Gasteiger partial charge in [0, 0.05) is 17.5 Å². The summed E-state index contributed by atoms with van der Waals surface area (Å²) in [6, 6.07) is 6.53. The summed E-state index contributed by atoms with van der Waals surface area (Å²) in [5, 5.41) is 3.59. The Kier molecular flexibility index (Phi) is 2.48. The second kappa shape index (κ2) is 3.98. The van der Waals surface area contributed by atoms with E-state index in [1.54, 1.807) is 7.11 Å². The number of hydrogen-bond donors (Lipinski definition) is 1. The maximum Gasteiger partial charge on any atom is 0.124 e. The van der Waals surface area contributed by atoms with E-state index in [1.807, 2.05) is 12.1 Å². The van der Waals surface area contributed by atoms with E-state index in [-0.39, 0.29) is 0 Å². The lowest BCUT2D eigenvalue weighted by atomic mass is 9.84. The lowest BCUT2D eigenvalue weighted by molar-refractivity contribution is 0.146. The molecule has 0 aromatic heterocycles. The minimum atomic E-state index is 0.451. The van der Waals surface area contributed by atoms with Crippen molar-refractivity contribution in [1.82, 2.24) is 5.32 Å². The third-order valence-corrected chi connectivity index (χ3v) is 3.59. The van der Waals surface area contributed by atoms with Gasteiger partial charge >= 0.3 is 0 Å². The molecule has 1 aromatic rings. The van der Waals surface area contributed by atoms with Gasteiger partial charge < -0.3 is 14.8 Å². The summed E-state index contributed by atoms with van der Waals surface area (Å²) in [5.74, 6) is 2.54. The van der Waals surface area contributed by atoms with Crippen LogP contribution in [-0.4, -0.2) is 20.3 Å². The fourth-order valence-corrected chi connectivity index (χ4v) is 2.72. The van der Waals surface area contributed by atoms with E-state index in [2.05, 4.69) is 11.4 Å². The van der Waals surface area contributed by atoms with Crippen LogP contribution in [0.1, 0.15) is 24.4 Å². The first-order valence-corrected chi connectivity index (χ1v) is 5.92. The van der Waals surface area contributed by atoms with E-state index in [9.17, 15) is 0 Å². The molecule has 2 unspecified atom stereocenters. The normalized spacial score (nSPS) is 27.6. The van der Waals surface area contributed by atoms with Gasteiger partial charge in [0.15, 0.2) is 0 Å². The number of rotatable bonds is 1. The Morgan fingerprint density at radius 1 is 1.44 bits per heavy atom. The lowest BCUT2D eigenvalue weighted by Crippen LogP contribution is -2.39. The molecule has 1 saturated heterocycles. The maximum atomic E-state index is 5.80. The average Bonchev–Trinajstić information content (AvgIpc) is 2.38. The fourth-order valence-electron chi connectivity index (χ4n) is 2.72. The predicted octanol–water partition coefficient (Wildman–Crippen LogP) is 2.13. The van der Waals surface area contributed by atoms with Crippen LogP contribution in [0.4, 0.5) is 0 Å². The molecule has 86 valence electrons. The minimum Gasteiger partial charge on any atom is -0.497 e. The van der Waals surface area contributed by atoms with Crippen molar-refractivity contribution >= 4 is 0 Å². The number of methoxy groups -OCH3 is 1. The summed E-state index contributed by atoms with van der Waals surface area (Å²) in [6.45, 7) is 1.95. The Hall–Kier alpha value is -1.22. The molecule has 3 nitrogen and oxygen atoms in total. The molecule has 2 aliphatic heterocycles. The molecule has 16 heavy (non-hydrogen) atoms. The molecule has 2 heterocycles. The summed E-state index contributed by atoms with van der Waals surface area (Å²) in [6.07, 6.45) is 2.51. The molecule has 1 aromatic carbocycles. The number of fused-ring (bicyclic) bond motifs is 3. The Morgan fingerprint density at radius 3 is 3.25 bits per heavy atom. The van der Waals surface area contributed by atoms with Gasteiger partial charge in [-0.25, -0.2) is 0 Å². The van der Waals surface area contributed by atoms with Crippen molar-refractivity contribution in [2.45, 2.75) is 18.9 Å². The monoisotopic (exact) mass is 219 g/mol. The van der Waals surface area contributed by atoms with Crippen molar-refractivity contribution in [1.29, 1.82) is 0 Å².